The molecule has 0 N–H and O–H groups in total. The zero-order valence-corrected chi connectivity index (χ0v) is 12.1. The van der Waals surface area contributed by atoms with Crippen LogP contribution in [0.4, 0.5) is 0 Å². The van der Waals surface area contributed by atoms with E-state index in [1.807, 2.05) is 24.0 Å². The van der Waals surface area contributed by atoms with Gasteiger partial charge in [-0.25, -0.2) is 0 Å². The van der Waals surface area contributed by atoms with Crippen molar-refractivity contribution in [1.82, 2.24) is 4.90 Å². The number of likely N-dealkylation sites (tertiary alicyclic amines) is 1. The SMILES string of the molecule is CCOc1ccc(C2CCCN2C(=O)c2ccoc2)cc1. The minimum atomic E-state index is 0.0418. The smallest absolute Gasteiger partial charge is 0.257 e. The molecule has 1 aromatic heterocycles. The summed E-state index contributed by atoms with van der Waals surface area (Å²) in [6.07, 6.45) is 5.07. The average molecular weight is 285 g/mol. The van der Waals surface area contributed by atoms with Gasteiger partial charge in [0, 0.05) is 6.54 Å². The number of hydrogen-bond acceptors (Lipinski definition) is 3. The van der Waals surface area contributed by atoms with Crippen LogP contribution >= 0.6 is 0 Å². The maximum Gasteiger partial charge on any atom is 0.257 e. The molecule has 21 heavy (non-hydrogen) atoms. The van der Waals surface area contributed by atoms with Gasteiger partial charge in [0.2, 0.25) is 0 Å². The highest BCUT2D eigenvalue weighted by molar-refractivity contribution is 5.94. The van der Waals surface area contributed by atoms with Crippen molar-refractivity contribution in [3.8, 4) is 5.75 Å². The summed E-state index contributed by atoms with van der Waals surface area (Å²) < 4.78 is 10.5. The van der Waals surface area contributed by atoms with Gasteiger partial charge in [-0.05, 0) is 43.5 Å². The van der Waals surface area contributed by atoms with E-state index in [0.29, 0.717) is 12.2 Å². The lowest BCUT2D eigenvalue weighted by Gasteiger charge is -2.24. The van der Waals surface area contributed by atoms with Gasteiger partial charge in [0.05, 0.1) is 24.5 Å². The highest BCUT2D eigenvalue weighted by atomic mass is 16.5. The van der Waals surface area contributed by atoms with Gasteiger partial charge in [0.15, 0.2) is 0 Å². The summed E-state index contributed by atoms with van der Waals surface area (Å²) in [7, 11) is 0. The molecule has 1 fully saturated rings. The van der Waals surface area contributed by atoms with Crippen molar-refractivity contribution in [1.29, 1.82) is 0 Å². The minimum absolute atomic E-state index is 0.0418. The zero-order valence-electron chi connectivity index (χ0n) is 12.1. The Morgan fingerprint density at radius 2 is 2.14 bits per heavy atom. The number of carbonyl (C=O) groups excluding carboxylic acids is 1. The lowest BCUT2D eigenvalue weighted by molar-refractivity contribution is 0.0735. The van der Waals surface area contributed by atoms with Crippen LogP contribution in [-0.2, 0) is 0 Å². The molecule has 1 aliphatic rings. The number of hydrogen-bond donors (Lipinski definition) is 0. The summed E-state index contributed by atoms with van der Waals surface area (Å²) in [4.78, 5) is 14.4. The molecule has 110 valence electrons. The van der Waals surface area contributed by atoms with E-state index in [2.05, 4.69) is 12.1 Å². The van der Waals surface area contributed by atoms with Crippen LogP contribution in [0.5, 0.6) is 5.75 Å². The lowest BCUT2D eigenvalue weighted by Crippen LogP contribution is -2.30. The first-order valence-electron chi connectivity index (χ1n) is 7.35. The summed E-state index contributed by atoms with van der Waals surface area (Å²) in [5, 5.41) is 0. The standard InChI is InChI=1S/C17H19NO3/c1-2-21-15-7-5-13(6-8-15)16-4-3-10-18(16)17(19)14-9-11-20-12-14/h5-9,11-12,16H,2-4,10H2,1H3. The van der Waals surface area contributed by atoms with Crippen LogP contribution in [0, 0.1) is 0 Å². The minimum Gasteiger partial charge on any atom is -0.494 e. The first-order valence-corrected chi connectivity index (χ1v) is 7.35. The normalized spacial score (nSPS) is 18.0. The summed E-state index contributed by atoms with van der Waals surface area (Å²) in [5.74, 6) is 0.909. The van der Waals surface area contributed by atoms with E-state index in [4.69, 9.17) is 9.15 Å². The first kappa shape index (κ1) is 13.7. The molecule has 0 bridgehead atoms. The van der Waals surface area contributed by atoms with Crippen molar-refractivity contribution >= 4 is 5.91 Å². The number of rotatable bonds is 4. The Kier molecular flexibility index (Phi) is 3.95. The largest absolute Gasteiger partial charge is 0.494 e. The second-order valence-electron chi connectivity index (χ2n) is 5.17. The van der Waals surface area contributed by atoms with E-state index in [1.54, 1.807) is 6.07 Å². The van der Waals surface area contributed by atoms with Crippen LogP contribution in [0.1, 0.15) is 41.7 Å². The van der Waals surface area contributed by atoms with Crippen molar-refractivity contribution < 1.29 is 13.9 Å². The first-order chi connectivity index (χ1) is 10.3. The number of benzene rings is 1. The fraction of sp³-hybridized carbons (Fsp3) is 0.353. The number of ether oxygens (including phenoxy) is 1. The Morgan fingerprint density at radius 1 is 1.33 bits per heavy atom. The Balaban J connectivity index is 1.79. The summed E-state index contributed by atoms with van der Waals surface area (Å²) in [6.45, 7) is 3.42. The number of furan rings is 1. The fourth-order valence-electron chi connectivity index (χ4n) is 2.86. The molecule has 1 saturated heterocycles. The fourth-order valence-corrected chi connectivity index (χ4v) is 2.86. The van der Waals surface area contributed by atoms with Crippen molar-refractivity contribution in [2.45, 2.75) is 25.8 Å². The van der Waals surface area contributed by atoms with E-state index in [1.165, 1.54) is 12.5 Å². The molecule has 4 heteroatoms. The highest BCUT2D eigenvalue weighted by Gasteiger charge is 2.30. The molecule has 0 spiro atoms. The quantitative estimate of drug-likeness (QED) is 0.861. The third-order valence-corrected chi connectivity index (χ3v) is 3.86. The maximum atomic E-state index is 12.5. The monoisotopic (exact) mass is 285 g/mol. The Hall–Kier alpha value is -2.23. The van der Waals surface area contributed by atoms with Gasteiger partial charge in [-0.1, -0.05) is 12.1 Å². The third-order valence-electron chi connectivity index (χ3n) is 3.86. The molecule has 1 unspecified atom stereocenters. The van der Waals surface area contributed by atoms with Gasteiger partial charge < -0.3 is 14.1 Å². The van der Waals surface area contributed by atoms with Crippen LogP contribution in [0.3, 0.4) is 0 Å². The molecule has 2 heterocycles. The lowest BCUT2D eigenvalue weighted by atomic mass is 10.0. The van der Waals surface area contributed by atoms with Crippen LogP contribution in [0.25, 0.3) is 0 Å². The Morgan fingerprint density at radius 3 is 2.81 bits per heavy atom. The molecule has 0 saturated carbocycles. The maximum absolute atomic E-state index is 12.5. The predicted molar refractivity (Wildman–Crippen MR) is 79.3 cm³/mol. The molecular formula is C17H19NO3. The number of amides is 1. The third kappa shape index (κ3) is 2.79. The van der Waals surface area contributed by atoms with Crippen molar-refractivity contribution in [2.75, 3.05) is 13.2 Å². The van der Waals surface area contributed by atoms with Crippen LogP contribution in [-0.4, -0.2) is 24.0 Å². The van der Waals surface area contributed by atoms with E-state index < -0.39 is 0 Å². The molecule has 1 atom stereocenters. The second kappa shape index (κ2) is 6.04. The van der Waals surface area contributed by atoms with Gasteiger partial charge in [-0.15, -0.1) is 0 Å². The molecule has 0 radical (unpaired) electrons. The Bertz CT molecular complexity index is 589. The summed E-state index contributed by atoms with van der Waals surface area (Å²) in [5.41, 5.74) is 1.78. The van der Waals surface area contributed by atoms with Crippen LogP contribution < -0.4 is 4.74 Å². The summed E-state index contributed by atoms with van der Waals surface area (Å²) in [6, 6.07) is 9.90. The van der Waals surface area contributed by atoms with Crippen molar-refractivity contribution in [3.63, 3.8) is 0 Å². The second-order valence-corrected chi connectivity index (χ2v) is 5.17. The van der Waals surface area contributed by atoms with Gasteiger partial charge in [-0.3, -0.25) is 4.79 Å². The Labute approximate surface area is 124 Å². The predicted octanol–water partition coefficient (Wildman–Crippen LogP) is 3.66. The topological polar surface area (TPSA) is 42.7 Å². The number of nitrogens with zero attached hydrogens (tertiary/aromatic N) is 1. The van der Waals surface area contributed by atoms with Gasteiger partial charge in [-0.2, -0.15) is 0 Å². The molecule has 3 rings (SSSR count). The van der Waals surface area contributed by atoms with Crippen LogP contribution in [0.15, 0.2) is 47.3 Å². The van der Waals surface area contributed by atoms with E-state index in [-0.39, 0.29) is 11.9 Å². The molecule has 1 amide bonds. The molecule has 0 aliphatic carbocycles. The molecule has 1 aliphatic heterocycles. The molecular weight excluding hydrogens is 266 g/mol. The van der Waals surface area contributed by atoms with Gasteiger partial charge in [0.25, 0.3) is 5.91 Å². The summed E-state index contributed by atoms with van der Waals surface area (Å²) >= 11 is 0. The zero-order chi connectivity index (χ0) is 14.7. The average Bonchev–Trinajstić information content (AvgIpc) is 3.19. The van der Waals surface area contributed by atoms with Gasteiger partial charge in [0.1, 0.15) is 12.0 Å². The molecule has 1 aromatic carbocycles. The van der Waals surface area contributed by atoms with Crippen LogP contribution in [0.2, 0.25) is 0 Å². The van der Waals surface area contributed by atoms with Crippen molar-refractivity contribution in [3.05, 3.63) is 54.0 Å². The molecule has 4 nitrogen and oxygen atoms in total. The highest BCUT2D eigenvalue weighted by Crippen LogP contribution is 2.33. The van der Waals surface area contributed by atoms with Gasteiger partial charge >= 0.3 is 0 Å². The van der Waals surface area contributed by atoms with E-state index in [0.717, 1.165) is 30.7 Å². The number of carbonyl (C=O) groups is 1. The van der Waals surface area contributed by atoms with E-state index >= 15 is 0 Å². The van der Waals surface area contributed by atoms with Crippen molar-refractivity contribution in [2.24, 2.45) is 0 Å². The van der Waals surface area contributed by atoms with E-state index in [9.17, 15) is 4.79 Å². The molecule has 2 aromatic rings.